The van der Waals surface area contributed by atoms with Crippen LogP contribution in [0.3, 0.4) is 0 Å². The molecule has 1 amide bonds. The molecule has 140 valence electrons. The molecule has 0 aliphatic carbocycles. The lowest BCUT2D eigenvalue weighted by molar-refractivity contribution is -0.121. The van der Waals surface area contributed by atoms with Gasteiger partial charge in [0.15, 0.2) is 0 Å². The molecule has 1 N–H and O–H groups in total. The van der Waals surface area contributed by atoms with E-state index < -0.39 is 10.0 Å². The summed E-state index contributed by atoms with van der Waals surface area (Å²) >= 11 is 0. The Morgan fingerprint density at radius 3 is 2.23 bits per heavy atom. The third kappa shape index (κ3) is 5.59. The van der Waals surface area contributed by atoms with E-state index in [0.29, 0.717) is 18.7 Å². The number of rotatable bonds is 8. The van der Waals surface area contributed by atoms with Crippen LogP contribution in [0.25, 0.3) is 0 Å². The standard InChI is InChI=1S/C20H26N2O3S/c1-16-9-4-6-11-18(16)15-21-20(23)13-8-14-22(26(3,24)25)19-12-7-5-10-17(19)2/h4-7,9-12H,8,13-15H2,1-3H3,(H,21,23). The Morgan fingerprint density at radius 2 is 1.62 bits per heavy atom. The molecule has 0 atom stereocenters. The number of hydrogen-bond donors (Lipinski definition) is 1. The summed E-state index contributed by atoms with van der Waals surface area (Å²) in [6.07, 6.45) is 1.93. The summed E-state index contributed by atoms with van der Waals surface area (Å²) in [7, 11) is -3.40. The van der Waals surface area contributed by atoms with Crippen LogP contribution in [0.2, 0.25) is 0 Å². The molecule has 0 aliphatic heterocycles. The molecule has 5 nitrogen and oxygen atoms in total. The lowest BCUT2D eigenvalue weighted by atomic mass is 10.1. The molecule has 0 spiro atoms. The minimum Gasteiger partial charge on any atom is -0.352 e. The van der Waals surface area contributed by atoms with E-state index in [2.05, 4.69) is 5.32 Å². The van der Waals surface area contributed by atoms with Crippen molar-refractivity contribution in [2.45, 2.75) is 33.2 Å². The number of carbonyl (C=O) groups is 1. The number of carbonyl (C=O) groups excluding carboxylic acids is 1. The molecule has 2 aromatic carbocycles. The van der Waals surface area contributed by atoms with Crippen LogP contribution in [0.1, 0.15) is 29.5 Å². The molecule has 6 heteroatoms. The maximum atomic E-state index is 12.1. The lowest BCUT2D eigenvalue weighted by Crippen LogP contribution is -2.32. The van der Waals surface area contributed by atoms with Gasteiger partial charge >= 0.3 is 0 Å². The topological polar surface area (TPSA) is 66.5 Å². The van der Waals surface area contributed by atoms with Gasteiger partial charge in [-0.3, -0.25) is 9.10 Å². The summed E-state index contributed by atoms with van der Waals surface area (Å²) in [6, 6.07) is 15.3. The molecular weight excluding hydrogens is 348 g/mol. The van der Waals surface area contributed by atoms with Crippen LogP contribution in [-0.4, -0.2) is 27.1 Å². The van der Waals surface area contributed by atoms with Crippen LogP contribution in [0.15, 0.2) is 48.5 Å². The van der Waals surface area contributed by atoms with Crippen molar-refractivity contribution in [3.8, 4) is 0 Å². The second kappa shape index (κ2) is 8.85. The van der Waals surface area contributed by atoms with Crippen molar-refractivity contribution in [1.29, 1.82) is 0 Å². The fourth-order valence-corrected chi connectivity index (χ4v) is 3.80. The first-order chi connectivity index (χ1) is 12.3. The van der Waals surface area contributed by atoms with Crippen molar-refractivity contribution >= 4 is 21.6 Å². The summed E-state index contributed by atoms with van der Waals surface area (Å²) in [4.78, 5) is 12.1. The number of para-hydroxylation sites is 1. The zero-order chi connectivity index (χ0) is 19.2. The molecule has 2 rings (SSSR count). The summed E-state index contributed by atoms with van der Waals surface area (Å²) in [5.74, 6) is -0.0773. The Morgan fingerprint density at radius 1 is 1.00 bits per heavy atom. The van der Waals surface area contributed by atoms with Gasteiger partial charge in [-0.25, -0.2) is 8.42 Å². The van der Waals surface area contributed by atoms with E-state index in [1.165, 1.54) is 10.6 Å². The highest BCUT2D eigenvalue weighted by atomic mass is 32.2. The second-order valence-corrected chi connectivity index (χ2v) is 8.34. The summed E-state index contributed by atoms with van der Waals surface area (Å²) in [5.41, 5.74) is 3.77. The van der Waals surface area contributed by atoms with Crippen LogP contribution < -0.4 is 9.62 Å². The molecule has 26 heavy (non-hydrogen) atoms. The van der Waals surface area contributed by atoms with Crippen molar-refractivity contribution in [1.82, 2.24) is 5.32 Å². The number of hydrogen-bond acceptors (Lipinski definition) is 3. The van der Waals surface area contributed by atoms with Gasteiger partial charge in [0.1, 0.15) is 0 Å². The van der Waals surface area contributed by atoms with E-state index in [1.54, 1.807) is 6.07 Å². The fraction of sp³-hybridized carbons (Fsp3) is 0.350. The molecule has 0 aliphatic rings. The molecule has 0 saturated carbocycles. The highest BCUT2D eigenvalue weighted by Crippen LogP contribution is 2.22. The summed E-state index contributed by atoms with van der Waals surface area (Å²) < 4.78 is 25.6. The van der Waals surface area contributed by atoms with E-state index in [-0.39, 0.29) is 18.9 Å². The quantitative estimate of drug-likeness (QED) is 0.772. The molecule has 2 aromatic rings. The first-order valence-electron chi connectivity index (χ1n) is 8.63. The maximum Gasteiger partial charge on any atom is 0.232 e. The van der Waals surface area contributed by atoms with Crippen LogP contribution in [0, 0.1) is 13.8 Å². The van der Waals surface area contributed by atoms with E-state index in [4.69, 9.17) is 0 Å². The first kappa shape index (κ1) is 20.0. The lowest BCUT2D eigenvalue weighted by Gasteiger charge is -2.24. The molecular formula is C20H26N2O3S. The Balaban J connectivity index is 1.91. The number of nitrogens with zero attached hydrogens (tertiary/aromatic N) is 1. The monoisotopic (exact) mass is 374 g/mol. The number of amides is 1. The molecule has 0 fully saturated rings. The summed E-state index contributed by atoms with van der Waals surface area (Å²) in [6.45, 7) is 4.65. The predicted octanol–water partition coefficient (Wildman–Crippen LogP) is 3.17. The van der Waals surface area contributed by atoms with Gasteiger partial charge < -0.3 is 5.32 Å². The summed E-state index contributed by atoms with van der Waals surface area (Å²) in [5, 5.41) is 2.90. The Bertz CT molecular complexity index is 863. The number of benzene rings is 2. The van der Waals surface area contributed by atoms with Gasteiger partial charge in [0, 0.05) is 19.5 Å². The number of sulfonamides is 1. The third-order valence-corrected chi connectivity index (χ3v) is 5.47. The zero-order valence-corrected chi connectivity index (χ0v) is 16.3. The number of nitrogens with one attached hydrogen (secondary N) is 1. The van der Waals surface area contributed by atoms with Gasteiger partial charge in [-0.15, -0.1) is 0 Å². The van der Waals surface area contributed by atoms with E-state index >= 15 is 0 Å². The minimum absolute atomic E-state index is 0.0773. The van der Waals surface area contributed by atoms with Gasteiger partial charge in [-0.05, 0) is 43.0 Å². The van der Waals surface area contributed by atoms with Crippen molar-refractivity contribution in [2.75, 3.05) is 17.1 Å². The van der Waals surface area contributed by atoms with Crippen LogP contribution in [0.5, 0.6) is 0 Å². The molecule has 0 saturated heterocycles. The van der Waals surface area contributed by atoms with Gasteiger partial charge in [0.2, 0.25) is 15.9 Å². The van der Waals surface area contributed by atoms with E-state index in [1.807, 2.05) is 56.3 Å². The van der Waals surface area contributed by atoms with Gasteiger partial charge in [0.05, 0.1) is 11.9 Å². The molecule has 0 heterocycles. The fourth-order valence-electron chi connectivity index (χ4n) is 2.78. The third-order valence-electron chi connectivity index (χ3n) is 4.29. The van der Waals surface area contributed by atoms with Gasteiger partial charge in [0.25, 0.3) is 0 Å². The molecule has 0 radical (unpaired) electrons. The molecule has 0 bridgehead atoms. The first-order valence-corrected chi connectivity index (χ1v) is 10.5. The van der Waals surface area contributed by atoms with Crippen molar-refractivity contribution in [3.63, 3.8) is 0 Å². The molecule has 0 unspecified atom stereocenters. The molecule has 0 aromatic heterocycles. The Labute approximate surface area is 156 Å². The van der Waals surface area contributed by atoms with Gasteiger partial charge in [-0.2, -0.15) is 0 Å². The zero-order valence-electron chi connectivity index (χ0n) is 15.5. The van der Waals surface area contributed by atoms with Crippen molar-refractivity contribution < 1.29 is 13.2 Å². The largest absolute Gasteiger partial charge is 0.352 e. The number of aryl methyl sites for hydroxylation is 2. The van der Waals surface area contributed by atoms with Crippen molar-refractivity contribution in [3.05, 3.63) is 65.2 Å². The Kier molecular flexibility index (Phi) is 6.80. The predicted molar refractivity (Wildman–Crippen MR) is 106 cm³/mol. The van der Waals surface area contributed by atoms with Crippen LogP contribution in [0.4, 0.5) is 5.69 Å². The number of anilines is 1. The maximum absolute atomic E-state index is 12.1. The van der Waals surface area contributed by atoms with Crippen LogP contribution >= 0.6 is 0 Å². The minimum atomic E-state index is -3.40. The van der Waals surface area contributed by atoms with Crippen molar-refractivity contribution in [2.24, 2.45) is 0 Å². The second-order valence-electron chi connectivity index (χ2n) is 6.43. The average molecular weight is 375 g/mol. The SMILES string of the molecule is Cc1ccccc1CNC(=O)CCCN(c1ccccc1C)S(C)(=O)=O. The smallest absolute Gasteiger partial charge is 0.232 e. The van der Waals surface area contributed by atoms with E-state index in [0.717, 1.165) is 16.7 Å². The normalized spacial score (nSPS) is 11.2. The highest BCUT2D eigenvalue weighted by Gasteiger charge is 2.19. The highest BCUT2D eigenvalue weighted by molar-refractivity contribution is 7.92. The van der Waals surface area contributed by atoms with E-state index in [9.17, 15) is 13.2 Å². The Hall–Kier alpha value is -2.34. The average Bonchev–Trinajstić information content (AvgIpc) is 2.58. The van der Waals surface area contributed by atoms with Crippen LogP contribution in [-0.2, 0) is 21.4 Å². The van der Waals surface area contributed by atoms with Gasteiger partial charge in [-0.1, -0.05) is 42.5 Å².